The van der Waals surface area contributed by atoms with Crippen molar-refractivity contribution < 1.29 is 14.6 Å². The zero-order chi connectivity index (χ0) is 21.8. The monoisotopic (exact) mass is 400 g/mol. The van der Waals surface area contributed by atoms with Crippen molar-refractivity contribution in [2.75, 3.05) is 26.2 Å². The summed E-state index contributed by atoms with van der Waals surface area (Å²) < 4.78 is 5.37. The number of carbonyl (C=O) groups is 1. The summed E-state index contributed by atoms with van der Waals surface area (Å²) in [6, 6.07) is -0.0849. The van der Waals surface area contributed by atoms with E-state index in [-0.39, 0.29) is 24.0 Å². The molecule has 166 valence electrons. The third kappa shape index (κ3) is 10.7. The molecule has 0 saturated heterocycles. The number of alkyl carbamates (subject to hydrolysis) is 1. The van der Waals surface area contributed by atoms with Gasteiger partial charge in [0.2, 0.25) is 0 Å². The van der Waals surface area contributed by atoms with Crippen LogP contribution in [0.15, 0.2) is 4.99 Å². The van der Waals surface area contributed by atoms with Gasteiger partial charge in [-0.05, 0) is 58.3 Å². The highest BCUT2D eigenvalue weighted by Gasteiger charge is 2.26. The van der Waals surface area contributed by atoms with Gasteiger partial charge in [-0.15, -0.1) is 0 Å². The van der Waals surface area contributed by atoms with Crippen molar-refractivity contribution in [3.63, 3.8) is 0 Å². The maximum absolute atomic E-state index is 12.1. The lowest BCUT2D eigenvalue weighted by atomic mass is 9.79. The Hall–Kier alpha value is -1.50. The molecule has 0 heterocycles. The first-order valence-electron chi connectivity index (χ1n) is 10.6. The molecule has 0 bridgehead atoms. The normalized spacial score (nSPS) is 14.0. The van der Waals surface area contributed by atoms with Crippen LogP contribution >= 0.6 is 0 Å². The Balaban J connectivity index is 5.02. The van der Waals surface area contributed by atoms with E-state index in [1.54, 1.807) is 0 Å². The summed E-state index contributed by atoms with van der Waals surface area (Å²) in [5.74, 6) is 0.964. The van der Waals surface area contributed by atoms with Crippen molar-refractivity contribution in [2.24, 2.45) is 16.3 Å². The first kappa shape index (κ1) is 26.5. The molecule has 0 aromatic carbocycles. The molecule has 7 nitrogen and oxygen atoms in total. The number of aliphatic imine (C=N–C) groups is 1. The van der Waals surface area contributed by atoms with Crippen LogP contribution in [-0.4, -0.2) is 55.0 Å². The SMILES string of the molecule is CCNC(=NCC(CC)(CC)CCO)NCC(NC(=O)OC(C)(C)C)C(C)C. The molecule has 0 aromatic heterocycles. The topological polar surface area (TPSA) is 95.0 Å². The van der Waals surface area contributed by atoms with Crippen molar-refractivity contribution in [2.45, 2.75) is 86.3 Å². The molecule has 0 aliphatic carbocycles. The first-order chi connectivity index (χ1) is 13.0. The Kier molecular flexibility index (Phi) is 12.2. The molecule has 1 unspecified atom stereocenters. The van der Waals surface area contributed by atoms with Crippen LogP contribution in [-0.2, 0) is 4.74 Å². The summed E-state index contributed by atoms with van der Waals surface area (Å²) in [5, 5.41) is 19.0. The number of hydrogen-bond donors (Lipinski definition) is 4. The minimum absolute atomic E-state index is 0.0172. The molecular formula is C21H44N4O3. The Bertz CT molecular complexity index is 469. The maximum atomic E-state index is 12.1. The van der Waals surface area contributed by atoms with Gasteiger partial charge in [0.25, 0.3) is 0 Å². The largest absolute Gasteiger partial charge is 0.444 e. The lowest BCUT2D eigenvalue weighted by Gasteiger charge is -2.30. The van der Waals surface area contributed by atoms with Crippen molar-refractivity contribution in [1.29, 1.82) is 0 Å². The van der Waals surface area contributed by atoms with Gasteiger partial charge in [-0.1, -0.05) is 27.7 Å². The summed E-state index contributed by atoms with van der Waals surface area (Å²) >= 11 is 0. The quantitative estimate of drug-likeness (QED) is 0.315. The lowest BCUT2D eigenvalue weighted by Crippen LogP contribution is -2.50. The Labute approximate surface area is 172 Å². The average molecular weight is 401 g/mol. The van der Waals surface area contributed by atoms with Crippen LogP contribution in [0.5, 0.6) is 0 Å². The second kappa shape index (κ2) is 12.9. The highest BCUT2D eigenvalue weighted by molar-refractivity contribution is 5.79. The average Bonchev–Trinajstić information content (AvgIpc) is 2.60. The van der Waals surface area contributed by atoms with E-state index >= 15 is 0 Å². The van der Waals surface area contributed by atoms with Crippen molar-refractivity contribution >= 4 is 12.1 Å². The fourth-order valence-corrected chi connectivity index (χ4v) is 2.85. The van der Waals surface area contributed by atoms with Crippen LogP contribution in [0.2, 0.25) is 0 Å². The van der Waals surface area contributed by atoms with E-state index in [1.165, 1.54) is 0 Å². The van der Waals surface area contributed by atoms with Gasteiger partial charge in [0, 0.05) is 26.2 Å². The van der Waals surface area contributed by atoms with E-state index in [1.807, 2.05) is 27.7 Å². The minimum Gasteiger partial charge on any atom is -0.444 e. The standard InChI is InChI=1S/C21H44N4O3/c1-9-21(10-2,12-13-26)15-24-18(22-11-3)23-14-17(16(4)5)25-19(27)28-20(6,7)8/h16-17,26H,9-15H2,1-8H3,(H,25,27)(H2,22,23,24). The van der Waals surface area contributed by atoms with Crippen LogP contribution in [0.4, 0.5) is 4.79 Å². The number of guanidine groups is 1. The summed E-state index contributed by atoms with van der Waals surface area (Å²) in [4.78, 5) is 16.9. The first-order valence-corrected chi connectivity index (χ1v) is 10.6. The summed E-state index contributed by atoms with van der Waals surface area (Å²) in [7, 11) is 0. The molecule has 28 heavy (non-hydrogen) atoms. The number of aliphatic hydroxyl groups excluding tert-OH is 1. The number of rotatable bonds is 11. The molecule has 0 radical (unpaired) electrons. The van der Waals surface area contributed by atoms with Crippen LogP contribution in [0.25, 0.3) is 0 Å². The molecule has 7 heteroatoms. The van der Waals surface area contributed by atoms with Crippen LogP contribution < -0.4 is 16.0 Å². The van der Waals surface area contributed by atoms with E-state index in [0.717, 1.165) is 31.8 Å². The van der Waals surface area contributed by atoms with Gasteiger partial charge in [-0.25, -0.2) is 4.79 Å². The predicted octanol–water partition coefficient (Wildman–Crippen LogP) is 3.28. The molecule has 1 amide bonds. The van der Waals surface area contributed by atoms with Gasteiger partial charge < -0.3 is 25.8 Å². The van der Waals surface area contributed by atoms with Crippen LogP contribution in [0.1, 0.15) is 74.7 Å². The number of ether oxygens (including phenoxy) is 1. The molecule has 1 atom stereocenters. The number of nitrogens with zero attached hydrogens (tertiary/aromatic N) is 1. The summed E-state index contributed by atoms with van der Waals surface area (Å²) in [6.45, 7) is 18.1. The van der Waals surface area contributed by atoms with E-state index in [0.29, 0.717) is 13.1 Å². The third-order valence-corrected chi connectivity index (χ3v) is 5.06. The number of aliphatic hydroxyl groups is 1. The molecule has 0 saturated carbocycles. The zero-order valence-electron chi connectivity index (χ0n) is 19.3. The molecule has 0 spiro atoms. The van der Waals surface area contributed by atoms with Gasteiger partial charge in [-0.3, -0.25) is 4.99 Å². The van der Waals surface area contributed by atoms with Crippen LogP contribution in [0.3, 0.4) is 0 Å². The third-order valence-electron chi connectivity index (χ3n) is 5.06. The summed E-state index contributed by atoms with van der Waals surface area (Å²) in [6.07, 6.45) is 2.29. The Morgan fingerprint density at radius 1 is 1.11 bits per heavy atom. The highest BCUT2D eigenvalue weighted by Crippen LogP contribution is 2.30. The second-order valence-corrected chi connectivity index (χ2v) is 8.75. The Morgan fingerprint density at radius 2 is 1.71 bits per heavy atom. The van der Waals surface area contributed by atoms with E-state index in [9.17, 15) is 9.90 Å². The summed E-state index contributed by atoms with van der Waals surface area (Å²) in [5.41, 5.74) is -0.505. The van der Waals surface area contributed by atoms with Gasteiger partial charge >= 0.3 is 6.09 Å². The molecule has 0 aromatic rings. The number of nitrogens with one attached hydrogen (secondary N) is 3. The molecular weight excluding hydrogens is 356 g/mol. The minimum atomic E-state index is -0.522. The Morgan fingerprint density at radius 3 is 2.14 bits per heavy atom. The molecule has 0 aliphatic rings. The van der Waals surface area contributed by atoms with E-state index in [4.69, 9.17) is 9.73 Å². The van der Waals surface area contributed by atoms with Crippen LogP contribution in [0, 0.1) is 11.3 Å². The fourth-order valence-electron chi connectivity index (χ4n) is 2.85. The van der Waals surface area contributed by atoms with Gasteiger partial charge in [0.1, 0.15) is 5.60 Å². The fraction of sp³-hybridized carbons (Fsp3) is 0.905. The molecule has 0 fully saturated rings. The number of amides is 1. The zero-order valence-corrected chi connectivity index (χ0v) is 19.3. The van der Waals surface area contributed by atoms with E-state index < -0.39 is 11.7 Å². The molecule has 0 aliphatic heterocycles. The van der Waals surface area contributed by atoms with E-state index in [2.05, 4.69) is 43.6 Å². The van der Waals surface area contributed by atoms with Crippen molar-refractivity contribution in [1.82, 2.24) is 16.0 Å². The number of hydrogen-bond acceptors (Lipinski definition) is 4. The van der Waals surface area contributed by atoms with Crippen molar-refractivity contribution in [3.05, 3.63) is 0 Å². The van der Waals surface area contributed by atoms with Gasteiger partial charge in [0.05, 0.1) is 6.04 Å². The molecule has 0 rings (SSSR count). The smallest absolute Gasteiger partial charge is 0.407 e. The lowest BCUT2D eigenvalue weighted by molar-refractivity contribution is 0.0491. The predicted molar refractivity (Wildman–Crippen MR) is 117 cm³/mol. The highest BCUT2D eigenvalue weighted by atomic mass is 16.6. The van der Waals surface area contributed by atoms with Gasteiger partial charge in [0.15, 0.2) is 5.96 Å². The molecule has 4 N–H and O–H groups in total. The van der Waals surface area contributed by atoms with Gasteiger partial charge in [-0.2, -0.15) is 0 Å². The number of carbonyl (C=O) groups excluding carboxylic acids is 1. The van der Waals surface area contributed by atoms with Crippen molar-refractivity contribution in [3.8, 4) is 0 Å². The second-order valence-electron chi connectivity index (χ2n) is 8.75. The maximum Gasteiger partial charge on any atom is 0.407 e.